The highest BCUT2D eigenvalue weighted by molar-refractivity contribution is 6.05. The van der Waals surface area contributed by atoms with Crippen LogP contribution in [0.3, 0.4) is 0 Å². The molecule has 6 nitrogen and oxygen atoms in total. The Kier molecular flexibility index (Phi) is 4.96. The van der Waals surface area contributed by atoms with Crippen molar-refractivity contribution in [1.29, 1.82) is 0 Å². The second-order valence-electron chi connectivity index (χ2n) is 5.91. The maximum absolute atomic E-state index is 13.5. The number of carbonyl (C=O) groups is 1. The number of hydrazone groups is 1. The van der Waals surface area contributed by atoms with Crippen molar-refractivity contribution < 1.29 is 27.4 Å². The normalized spacial score (nSPS) is 22.2. The van der Waals surface area contributed by atoms with Gasteiger partial charge >= 0.3 is 12.3 Å². The maximum atomic E-state index is 13.5. The number of hydrogen-bond acceptors (Lipinski definition) is 5. The van der Waals surface area contributed by atoms with Gasteiger partial charge < -0.3 is 9.47 Å². The molecule has 136 valence electrons. The number of carbonyl (C=O) groups excluding carboxylic acids is 1. The zero-order valence-electron chi connectivity index (χ0n) is 13.6. The van der Waals surface area contributed by atoms with E-state index in [-0.39, 0.29) is 23.4 Å². The van der Waals surface area contributed by atoms with Crippen LogP contribution in [0.15, 0.2) is 23.3 Å². The first-order valence-corrected chi connectivity index (χ1v) is 7.89. The van der Waals surface area contributed by atoms with Gasteiger partial charge in [-0.15, -0.1) is 0 Å². The molecule has 2 heterocycles. The fraction of sp³-hybridized carbons (Fsp3) is 0.500. The fourth-order valence-corrected chi connectivity index (χ4v) is 2.88. The average molecular weight is 357 g/mol. The largest absolute Gasteiger partial charge is 0.439 e. The minimum absolute atomic E-state index is 0.201. The minimum atomic E-state index is -4.49. The minimum Gasteiger partial charge on any atom is -0.439 e. The molecule has 1 fully saturated rings. The number of alkyl halides is 3. The molecule has 2 aliphatic rings. The quantitative estimate of drug-likeness (QED) is 0.902. The van der Waals surface area contributed by atoms with Crippen molar-refractivity contribution in [3.63, 3.8) is 0 Å². The van der Waals surface area contributed by atoms with Crippen LogP contribution in [0.4, 0.5) is 18.0 Å². The van der Waals surface area contributed by atoms with Crippen molar-refractivity contribution in [3.8, 4) is 0 Å². The summed E-state index contributed by atoms with van der Waals surface area (Å²) in [6, 6.07) is 4.09. The van der Waals surface area contributed by atoms with Crippen LogP contribution in [0.2, 0.25) is 0 Å². The highest BCUT2D eigenvalue weighted by Gasteiger charge is 2.35. The van der Waals surface area contributed by atoms with E-state index < -0.39 is 23.9 Å². The third-order valence-corrected chi connectivity index (χ3v) is 4.15. The Balaban J connectivity index is 1.91. The number of morpholine rings is 1. The summed E-state index contributed by atoms with van der Waals surface area (Å²) in [5.74, 6) is 0. The Labute approximate surface area is 142 Å². The third-order valence-electron chi connectivity index (χ3n) is 4.15. The van der Waals surface area contributed by atoms with E-state index in [0.717, 1.165) is 6.07 Å². The molecule has 2 aliphatic heterocycles. The number of cyclic esters (lactones) is 1. The summed E-state index contributed by atoms with van der Waals surface area (Å²) in [5, 5.41) is 3.83. The molecule has 25 heavy (non-hydrogen) atoms. The molecule has 1 atom stereocenters. The molecule has 1 aromatic rings. The number of hydrogen-bond donors (Lipinski definition) is 1. The van der Waals surface area contributed by atoms with E-state index in [1.807, 2.05) is 4.90 Å². The topological polar surface area (TPSA) is 63.2 Å². The molecule has 1 N–H and O–H groups in total. The molecule has 0 saturated carbocycles. The zero-order valence-corrected chi connectivity index (χ0v) is 13.6. The van der Waals surface area contributed by atoms with Crippen molar-refractivity contribution in [2.45, 2.75) is 25.7 Å². The molecular weight excluding hydrogens is 339 g/mol. The van der Waals surface area contributed by atoms with E-state index in [9.17, 15) is 18.0 Å². The van der Waals surface area contributed by atoms with Gasteiger partial charge in [-0.3, -0.25) is 4.90 Å². The Morgan fingerprint density at radius 3 is 2.68 bits per heavy atom. The summed E-state index contributed by atoms with van der Waals surface area (Å²) in [5.41, 5.74) is 2.14. The van der Waals surface area contributed by atoms with E-state index in [2.05, 4.69) is 10.5 Å². The summed E-state index contributed by atoms with van der Waals surface area (Å²) in [7, 11) is 0. The van der Waals surface area contributed by atoms with Crippen LogP contribution in [0.25, 0.3) is 0 Å². The van der Waals surface area contributed by atoms with E-state index in [1.165, 1.54) is 6.07 Å². The number of amides is 1. The monoisotopic (exact) mass is 357 g/mol. The van der Waals surface area contributed by atoms with E-state index >= 15 is 0 Å². The molecule has 1 saturated heterocycles. The lowest BCUT2D eigenvalue weighted by atomic mass is 9.98. The van der Waals surface area contributed by atoms with Gasteiger partial charge in [0.05, 0.1) is 18.8 Å². The number of halogens is 3. The third kappa shape index (κ3) is 4.10. The van der Waals surface area contributed by atoms with Gasteiger partial charge in [0, 0.05) is 25.2 Å². The first-order valence-electron chi connectivity index (χ1n) is 7.89. The predicted molar refractivity (Wildman–Crippen MR) is 83.2 cm³/mol. The van der Waals surface area contributed by atoms with E-state index in [1.54, 1.807) is 13.0 Å². The van der Waals surface area contributed by atoms with Gasteiger partial charge in [0.15, 0.2) is 0 Å². The molecule has 0 bridgehead atoms. The molecule has 0 spiro atoms. The molecule has 1 aromatic carbocycles. The molecule has 3 rings (SSSR count). The predicted octanol–water partition coefficient (Wildman–Crippen LogP) is 2.37. The number of ether oxygens (including phenoxy) is 2. The summed E-state index contributed by atoms with van der Waals surface area (Å²) < 4.78 is 50.7. The number of nitrogens with zero attached hydrogens (tertiary/aromatic N) is 2. The van der Waals surface area contributed by atoms with Crippen LogP contribution < -0.4 is 5.43 Å². The molecule has 0 aromatic heterocycles. The highest BCUT2D eigenvalue weighted by Crippen LogP contribution is 2.34. The smallest absolute Gasteiger partial charge is 0.428 e. The van der Waals surface area contributed by atoms with E-state index in [0.29, 0.717) is 26.3 Å². The van der Waals surface area contributed by atoms with Gasteiger partial charge in [-0.2, -0.15) is 18.3 Å². The van der Waals surface area contributed by atoms with E-state index in [4.69, 9.17) is 9.47 Å². The van der Waals surface area contributed by atoms with Crippen molar-refractivity contribution in [3.05, 3.63) is 34.9 Å². The number of nitrogens with one attached hydrogen (secondary N) is 1. The Morgan fingerprint density at radius 1 is 1.32 bits per heavy atom. The van der Waals surface area contributed by atoms with Gasteiger partial charge in [0.1, 0.15) is 11.8 Å². The first kappa shape index (κ1) is 17.7. The lowest BCUT2D eigenvalue weighted by Crippen LogP contribution is -2.37. The van der Waals surface area contributed by atoms with Gasteiger partial charge in [0.2, 0.25) is 0 Å². The van der Waals surface area contributed by atoms with Gasteiger partial charge in [0.25, 0.3) is 0 Å². The van der Waals surface area contributed by atoms with Crippen molar-refractivity contribution in [1.82, 2.24) is 10.3 Å². The molecular formula is C16H18F3N3O3. The van der Waals surface area contributed by atoms with Crippen LogP contribution in [0, 0.1) is 0 Å². The zero-order chi connectivity index (χ0) is 18.0. The SMILES string of the molecule is C[C@@H]1OC(=O)NN=C1c1ccc(CN2CCOCC2)c(C(F)(F)F)c1. The van der Waals surface area contributed by atoms with Crippen LogP contribution in [0.1, 0.15) is 23.6 Å². The van der Waals surface area contributed by atoms with Crippen molar-refractivity contribution >= 4 is 11.8 Å². The summed E-state index contributed by atoms with van der Waals surface area (Å²) in [6.45, 7) is 4.00. The van der Waals surface area contributed by atoms with Crippen molar-refractivity contribution in [2.75, 3.05) is 26.3 Å². The lowest BCUT2D eigenvalue weighted by Gasteiger charge is -2.28. The number of rotatable bonds is 3. The number of benzene rings is 1. The Hall–Kier alpha value is -2.13. The maximum Gasteiger partial charge on any atom is 0.428 e. The first-order chi connectivity index (χ1) is 11.8. The lowest BCUT2D eigenvalue weighted by molar-refractivity contribution is -0.138. The van der Waals surface area contributed by atoms with Crippen molar-refractivity contribution in [2.24, 2.45) is 5.10 Å². The Morgan fingerprint density at radius 2 is 2.04 bits per heavy atom. The van der Waals surface area contributed by atoms with Crippen LogP contribution >= 0.6 is 0 Å². The molecule has 0 unspecified atom stereocenters. The van der Waals surface area contributed by atoms with Gasteiger partial charge in [-0.05, 0) is 18.6 Å². The standard InChI is InChI=1S/C16H18F3N3O3/c1-10-14(20-21-15(23)25-10)11-2-3-12(13(8-11)16(17,18)19)9-22-4-6-24-7-5-22/h2-3,8,10H,4-7,9H2,1H3,(H,21,23)/t10-/m0/s1. The molecule has 0 aliphatic carbocycles. The van der Waals surface area contributed by atoms with Crippen LogP contribution in [0.5, 0.6) is 0 Å². The second kappa shape index (κ2) is 7.01. The molecule has 9 heteroatoms. The van der Waals surface area contributed by atoms with Crippen LogP contribution in [-0.4, -0.2) is 49.1 Å². The summed E-state index contributed by atoms with van der Waals surface area (Å²) >= 11 is 0. The average Bonchev–Trinajstić information content (AvgIpc) is 2.55. The summed E-state index contributed by atoms with van der Waals surface area (Å²) in [6.07, 6.45) is -5.93. The fourth-order valence-electron chi connectivity index (χ4n) is 2.88. The Bertz CT molecular complexity index is 685. The summed E-state index contributed by atoms with van der Waals surface area (Å²) in [4.78, 5) is 13.0. The molecule has 1 amide bonds. The molecule has 0 radical (unpaired) electrons. The highest BCUT2D eigenvalue weighted by atomic mass is 19.4. The van der Waals surface area contributed by atoms with Crippen LogP contribution in [-0.2, 0) is 22.2 Å². The van der Waals surface area contributed by atoms with Gasteiger partial charge in [-0.1, -0.05) is 12.1 Å². The second-order valence-corrected chi connectivity index (χ2v) is 5.91. The van der Waals surface area contributed by atoms with Gasteiger partial charge in [-0.25, -0.2) is 10.2 Å².